The number of benzene rings is 1. The van der Waals surface area contributed by atoms with E-state index in [9.17, 15) is 0 Å². The number of guanidine groups is 1. The monoisotopic (exact) mass is 256 g/mol. The SMILES string of the molecule is N#CNC(=NCc1ccccc1)NC1CCCCC1. The van der Waals surface area contributed by atoms with E-state index in [2.05, 4.69) is 15.6 Å². The van der Waals surface area contributed by atoms with E-state index in [1.807, 2.05) is 36.5 Å². The van der Waals surface area contributed by atoms with Crippen LogP contribution in [0.3, 0.4) is 0 Å². The molecule has 4 heteroatoms. The Morgan fingerprint density at radius 2 is 1.95 bits per heavy atom. The first-order valence-corrected chi connectivity index (χ1v) is 6.88. The van der Waals surface area contributed by atoms with E-state index in [1.165, 1.54) is 19.3 Å². The molecule has 1 aliphatic rings. The van der Waals surface area contributed by atoms with Crippen LogP contribution in [0.5, 0.6) is 0 Å². The number of hydrogen-bond donors (Lipinski definition) is 2. The third kappa shape index (κ3) is 4.63. The summed E-state index contributed by atoms with van der Waals surface area (Å²) in [6.45, 7) is 0.588. The van der Waals surface area contributed by atoms with Crippen molar-refractivity contribution in [2.24, 2.45) is 4.99 Å². The highest BCUT2D eigenvalue weighted by Crippen LogP contribution is 2.17. The van der Waals surface area contributed by atoms with Gasteiger partial charge in [0, 0.05) is 6.04 Å². The van der Waals surface area contributed by atoms with E-state index in [0.717, 1.165) is 18.4 Å². The van der Waals surface area contributed by atoms with Gasteiger partial charge in [0.15, 0.2) is 6.19 Å². The van der Waals surface area contributed by atoms with Gasteiger partial charge in [-0.2, -0.15) is 5.26 Å². The van der Waals surface area contributed by atoms with Crippen molar-refractivity contribution >= 4 is 5.96 Å². The molecule has 1 aromatic rings. The second-order valence-electron chi connectivity index (χ2n) is 4.87. The molecule has 4 nitrogen and oxygen atoms in total. The molecule has 0 saturated heterocycles. The van der Waals surface area contributed by atoms with Gasteiger partial charge >= 0.3 is 0 Å². The first-order valence-electron chi connectivity index (χ1n) is 6.88. The molecule has 2 rings (SSSR count). The minimum Gasteiger partial charge on any atom is -0.353 e. The van der Waals surface area contributed by atoms with E-state index in [0.29, 0.717) is 18.5 Å². The van der Waals surface area contributed by atoms with E-state index in [1.54, 1.807) is 0 Å². The molecule has 0 heterocycles. The van der Waals surface area contributed by atoms with Crippen LogP contribution in [0.25, 0.3) is 0 Å². The molecule has 0 spiro atoms. The van der Waals surface area contributed by atoms with E-state index >= 15 is 0 Å². The number of nitriles is 1. The summed E-state index contributed by atoms with van der Waals surface area (Å²) in [6.07, 6.45) is 8.12. The van der Waals surface area contributed by atoms with Crippen molar-refractivity contribution in [3.63, 3.8) is 0 Å². The lowest BCUT2D eigenvalue weighted by Gasteiger charge is -2.23. The number of hydrogen-bond acceptors (Lipinski definition) is 2. The van der Waals surface area contributed by atoms with Crippen LogP contribution in [0.15, 0.2) is 35.3 Å². The standard InChI is InChI=1S/C15H20N4/c16-12-18-15(19-14-9-5-2-6-10-14)17-11-13-7-3-1-4-8-13/h1,3-4,7-8,14H,2,5-6,9-11H2,(H2,17,18,19). The lowest BCUT2D eigenvalue weighted by molar-refractivity contribution is 0.411. The van der Waals surface area contributed by atoms with Gasteiger partial charge in [-0.3, -0.25) is 5.32 Å². The maximum atomic E-state index is 8.78. The quantitative estimate of drug-likeness (QED) is 0.378. The van der Waals surface area contributed by atoms with Crippen molar-refractivity contribution in [2.45, 2.75) is 44.7 Å². The molecule has 0 atom stereocenters. The van der Waals surface area contributed by atoms with Crippen LogP contribution in [-0.4, -0.2) is 12.0 Å². The minimum absolute atomic E-state index is 0.448. The second-order valence-corrected chi connectivity index (χ2v) is 4.87. The van der Waals surface area contributed by atoms with E-state index in [4.69, 9.17) is 5.26 Å². The average molecular weight is 256 g/mol. The highest BCUT2D eigenvalue weighted by atomic mass is 15.2. The van der Waals surface area contributed by atoms with E-state index in [-0.39, 0.29) is 0 Å². The third-order valence-electron chi connectivity index (χ3n) is 3.38. The summed E-state index contributed by atoms with van der Waals surface area (Å²) in [6, 6.07) is 10.5. The zero-order valence-electron chi connectivity index (χ0n) is 11.1. The maximum absolute atomic E-state index is 8.78. The van der Waals surface area contributed by atoms with Crippen molar-refractivity contribution in [3.05, 3.63) is 35.9 Å². The van der Waals surface area contributed by atoms with Gasteiger partial charge in [0.1, 0.15) is 0 Å². The molecule has 1 fully saturated rings. The number of nitrogens with one attached hydrogen (secondary N) is 2. The predicted octanol–water partition coefficient (Wildman–Crippen LogP) is 2.54. The predicted molar refractivity (Wildman–Crippen MR) is 76.3 cm³/mol. The molecule has 0 radical (unpaired) electrons. The molecule has 1 aromatic carbocycles. The fourth-order valence-corrected chi connectivity index (χ4v) is 2.37. The average Bonchev–Trinajstić information content (AvgIpc) is 2.47. The molecule has 2 N–H and O–H groups in total. The Morgan fingerprint density at radius 1 is 1.21 bits per heavy atom. The Balaban J connectivity index is 1.92. The molecule has 0 aromatic heterocycles. The van der Waals surface area contributed by atoms with Gasteiger partial charge in [-0.1, -0.05) is 49.6 Å². The summed E-state index contributed by atoms with van der Waals surface area (Å²) in [5.41, 5.74) is 1.14. The smallest absolute Gasteiger partial charge is 0.205 e. The first-order chi connectivity index (χ1) is 9.38. The van der Waals surface area contributed by atoms with Crippen LogP contribution >= 0.6 is 0 Å². The van der Waals surface area contributed by atoms with Gasteiger partial charge in [0.05, 0.1) is 6.54 Å². The molecule has 0 aliphatic heterocycles. The number of aliphatic imine (C=N–C) groups is 1. The molecule has 0 amide bonds. The highest BCUT2D eigenvalue weighted by Gasteiger charge is 2.14. The topological polar surface area (TPSA) is 60.2 Å². The zero-order chi connectivity index (χ0) is 13.3. The molecule has 0 unspecified atom stereocenters. The Hall–Kier alpha value is -2.02. The van der Waals surface area contributed by atoms with Gasteiger partial charge in [0.2, 0.25) is 5.96 Å². The molecule has 19 heavy (non-hydrogen) atoms. The third-order valence-corrected chi connectivity index (χ3v) is 3.38. The van der Waals surface area contributed by atoms with Gasteiger partial charge < -0.3 is 5.32 Å². The van der Waals surface area contributed by atoms with E-state index < -0.39 is 0 Å². The van der Waals surface area contributed by atoms with Crippen LogP contribution in [0.4, 0.5) is 0 Å². The fraction of sp³-hybridized carbons (Fsp3) is 0.467. The van der Waals surface area contributed by atoms with Crippen LogP contribution in [0.1, 0.15) is 37.7 Å². The summed E-state index contributed by atoms with van der Waals surface area (Å²) < 4.78 is 0. The molecule has 0 bridgehead atoms. The van der Waals surface area contributed by atoms with Crippen LogP contribution < -0.4 is 10.6 Å². The van der Waals surface area contributed by atoms with Gasteiger partial charge in [0.25, 0.3) is 0 Å². The van der Waals surface area contributed by atoms with Crippen molar-refractivity contribution in [3.8, 4) is 6.19 Å². The summed E-state index contributed by atoms with van der Waals surface area (Å²) in [5.74, 6) is 0.596. The van der Waals surface area contributed by atoms with Crippen molar-refractivity contribution < 1.29 is 0 Å². The van der Waals surface area contributed by atoms with Crippen LogP contribution in [0.2, 0.25) is 0 Å². The minimum atomic E-state index is 0.448. The number of nitrogens with zero attached hydrogens (tertiary/aromatic N) is 2. The molecular formula is C15H20N4. The van der Waals surface area contributed by atoms with Gasteiger partial charge in [-0.25, -0.2) is 4.99 Å². The normalized spacial score (nSPS) is 16.7. The molecule has 100 valence electrons. The maximum Gasteiger partial charge on any atom is 0.205 e. The van der Waals surface area contributed by atoms with Crippen molar-refractivity contribution in [1.29, 1.82) is 5.26 Å². The Bertz CT molecular complexity index is 441. The summed E-state index contributed by atoms with van der Waals surface area (Å²) in [7, 11) is 0. The Morgan fingerprint density at radius 3 is 2.63 bits per heavy atom. The zero-order valence-corrected chi connectivity index (χ0v) is 11.1. The van der Waals surface area contributed by atoms with Crippen LogP contribution in [0, 0.1) is 11.5 Å². The fourth-order valence-electron chi connectivity index (χ4n) is 2.37. The summed E-state index contributed by atoms with van der Waals surface area (Å²) in [4.78, 5) is 4.45. The van der Waals surface area contributed by atoms with Gasteiger partial charge in [-0.15, -0.1) is 0 Å². The summed E-state index contributed by atoms with van der Waals surface area (Å²) in [5, 5.41) is 14.8. The molecule has 1 saturated carbocycles. The first kappa shape index (κ1) is 13.4. The second kappa shape index (κ2) is 7.42. The summed E-state index contributed by atoms with van der Waals surface area (Å²) >= 11 is 0. The lowest BCUT2D eigenvalue weighted by Crippen LogP contribution is -2.42. The number of rotatable bonds is 3. The van der Waals surface area contributed by atoms with Gasteiger partial charge in [-0.05, 0) is 18.4 Å². The van der Waals surface area contributed by atoms with Crippen molar-refractivity contribution in [1.82, 2.24) is 10.6 Å². The Kier molecular flexibility index (Phi) is 5.24. The Labute approximate surface area is 114 Å². The lowest BCUT2D eigenvalue weighted by atomic mass is 9.96. The molecule has 1 aliphatic carbocycles. The molecular weight excluding hydrogens is 236 g/mol. The van der Waals surface area contributed by atoms with Crippen molar-refractivity contribution in [2.75, 3.05) is 0 Å². The van der Waals surface area contributed by atoms with Crippen LogP contribution in [-0.2, 0) is 6.54 Å². The highest BCUT2D eigenvalue weighted by molar-refractivity contribution is 5.81. The largest absolute Gasteiger partial charge is 0.353 e.